The Morgan fingerprint density at radius 1 is 1.23 bits per heavy atom. The molecule has 0 N–H and O–H groups in total. The summed E-state index contributed by atoms with van der Waals surface area (Å²) in [5.41, 5.74) is 1.27. The van der Waals surface area contributed by atoms with Gasteiger partial charge in [-0.25, -0.2) is 4.98 Å². The van der Waals surface area contributed by atoms with Crippen molar-refractivity contribution in [1.29, 1.82) is 0 Å². The molecule has 0 aliphatic carbocycles. The van der Waals surface area contributed by atoms with E-state index in [2.05, 4.69) is 46.0 Å². The summed E-state index contributed by atoms with van der Waals surface area (Å²) >= 11 is 0. The highest BCUT2D eigenvalue weighted by Gasteiger charge is 2.18. The Kier molecular flexibility index (Phi) is 4.56. The third-order valence-corrected chi connectivity index (χ3v) is 4.21. The Labute approximate surface area is 132 Å². The Balaban J connectivity index is 1.73. The lowest BCUT2D eigenvalue weighted by Gasteiger charge is -2.32. The number of piperidine rings is 1. The minimum absolute atomic E-state index is 0.745. The van der Waals surface area contributed by atoms with E-state index in [-0.39, 0.29) is 0 Å². The first kappa shape index (κ1) is 14.8. The van der Waals surface area contributed by atoms with Crippen molar-refractivity contribution in [3.63, 3.8) is 0 Å². The van der Waals surface area contributed by atoms with E-state index in [9.17, 15) is 0 Å². The molecule has 1 fully saturated rings. The van der Waals surface area contributed by atoms with Crippen LogP contribution < -0.4 is 9.80 Å². The maximum absolute atomic E-state index is 4.77. The van der Waals surface area contributed by atoms with E-state index in [0.29, 0.717) is 0 Å². The fourth-order valence-electron chi connectivity index (χ4n) is 3.02. The van der Waals surface area contributed by atoms with Crippen molar-refractivity contribution in [3.8, 4) is 0 Å². The molecule has 1 atom stereocenters. The lowest BCUT2D eigenvalue weighted by molar-refractivity contribution is 0.444. The van der Waals surface area contributed by atoms with Gasteiger partial charge >= 0.3 is 0 Å². The van der Waals surface area contributed by atoms with Gasteiger partial charge in [-0.3, -0.25) is 0 Å². The molecule has 0 saturated carbocycles. The first-order chi connectivity index (χ1) is 10.7. The molecule has 1 aliphatic heterocycles. The van der Waals surface area contributed by atoms with Crippen molar-refractivity contribution < 1.29 is 0 Å². The summed E-state index contributed by atoms with van der Waals surface area (Å²) in [7, 11) is 2.05. The Morgan fingerprint density at radius 3 is 2.82 bits per heavy atom. The Hall–Kier alpha value is -2.10. The van der Waals surface area contributed by atoms with Gasteiger partial charge in [-0.15, -0.1) is 0 Å². The molecule has 0 bridgehead atoms. The molecular weight excluding hydrogens is 272 g/mol. The number of aromatic nitrogens is 2. The highest BCUT2D eigenvalue weighted by atomic mass is 15.3. The smallest absolute Gasteiger partial charge is 0.227 e. The monoisotopic (exact) mass is 296 g/mol. The third kappa shape index (κ3) is 3.56. The number of nitrogens with zero attached hydrogens (tertiary/aromatic N) is 4. The molecule has 1 aromatic carbocycles. The van der Waals surface area contributed by atoms with Crippen molar-refractivity contribution in [2.75, 3.05) is 29.9 Å². The number of benzene rings is 1. The molecule has 2 aromatic rings. The largest absolute Gasteiger partial charge is 0.356 e. The first-order valence-electron chi connectivity index (χ1n) is 8.05. The van der Waals surface area contributed by atoms with Gasteiger partial charge in [0.15, 0.2) is 0 Å². The molecule has 0 radical (unpaired) electrons. The molecule has 1 unspecified atom stereocenters. The highest BCUT2D eigenvalue weighted by molar-refractivity contribution is 5.44. The molecule has 22 heavy (non-hydrogen) atoms. The van der Waals surface area contributed by atoms with Gasteiger partial charge in [0.2, 0.25) is 5.95 Å². The topological polar surface area (TPSA) is 32.3 Å². The fourth-order valence-corrected chi connectivity index (χ4v) is 3.02. The van der Waals surface area contributed by atoms with E-state index in [1.54, 1.807) is 0 Å². The van der Waals surface area contributed by atoms with Crippen LogP contribution in [0.25, 0.3) is 0 Å². The van der Waals surface area contributed by atoms with Gasteiger partial charge < -0.3 is 9.80 Å². The second-order valence-corrected chi connectivity index (χ2v) is 6.25. The van der Waals surface area contributed by atoms with Crippen LogP contribution in [0.15, 0.2) is 42.6 Å². The summed E-state index contributed by atoms with van der Waals surface area (Å²) in [6, 6.07) is 12.5. The lowest BCUT2D eigenvalue weighted by atomic mass is 10.0. The van der Waals surface area contributed by atoms with Crippen LogP contribution in [-0.2, 0) is 6.54 Å². The zero-order valence-corrected chi connectivity index (χ0v) is 13.4. The molecule has 0 amide bonds. The van der Waals surface area contributed by atoms with Crippen LogP contribution >= 0.6 is 0 Å². The van der Waals surface area contributed by atoms with Crippen LogP contribution in [0.3, 0.4) is 0 Å². The molecule has 1 aromatic heterocycles. The van der Waals surface area contributed by atoms with Crippen LogP contribution in [0, 0.1) is 5.92 Å². The van der Waals surface area contributed by atoms with E-state index in [4.69, 9.17) is 4.98 Å². The summed E-state index contributed by atoms with van der Waals surface area (Å²) in [4.78, 5) is 13.7. The zero-order valence-electron chi connectivity index (χ0n) is 13.4. The second kappa shape index (κ2) is 6.77. The van der Waals surface area contributed by atoms with Gasteiger partial charge in [-0.2, -0.15) is 4.98 Å². The molecule has 116 valence electrons. The molecule has 1 aliphatic rings. The summed E-state index contributed by atoms with van der Waals surface area (Å²) in [6.45, 7) is 5.33. The molecule has 0 spiro atoms. The first-order valence-corrected chi connectivity index (χ1v) is 8.05. The average molecular weight is 296 g/mol. The average Bonchev–Trinajstić information content (AvgIpc) is 2.56. The highest BCUT2D eigenvalue weighted by Crippen LogP contribution is 2.22. The van der Waals surface area contributed by atoms with E-state index >= 15 is 0 Å². The van der Waals surface area contributed by atoms with Crippen LogP contribution in [-0.4, -0.2) is 30.1 Å². The Bertz CT molecular complexity index is 599. The van der Waals surface area contributed by atoms with Crippen LogP contribution in [0.2, 0.25) is 0 Å². The fraction of sp³-hybridized carbons (Fsp3) is 0.444. The predicted octanol–water partition coefficient (Wildman–Crippen LogP) is 3.35. The van der Waals surface area contributed by atoms with E-state index in [1.165, 1.54) is 18.4 Å². The van der Waals surface area contributed by atoms with Gasteiger partial charge in [0.05, 0.1) is 0 Å². The molecule has 4 heteroatoms. The normalized spacial score (nSPS) is 18.3. The lowest BCUT2D eigenvalue weighted by Crippen LogP contribution is -2.35. The van der Waals surface area contributed by atoms with Crippen molar-refractivity contribution in [2.24, 2.45) is 5.92 Å². The zero-order chi connectivity index (χ0) is 15.4. The van der Waals surface area contributed by atoms with Crippen molar-refractivity contribution >= 4 is 11.8 Å². The summed E-state index contributed by atoms with van der Waals surface area (Å²) in [5, 5.41) is 0. The van der Waals surface area contributed by atoms with E-state index in [0.717, 1.165) is 37.3 Å². The molecule has 2 heterocycles. The van der Waals surface area contributed by atoms with Gasteiger partial charge in [0, 0.05) is 32.9 Å². The van der Waals surface area contributed by atoms with Gasteiger partial charge in [0.1, 0.15) is 5.82 Å². The number of rotatable bonds is 4. The van der Waals surface area contributed by atoms with Crippen LogP contribution in [0.5, 0.6) is 0 Å². The maximum atomic E-state index is 4.77. The minimum atomic E-state index is 0.745. The van der Waals surface area contributed by atoms with E-state index < -0.39 is 0 Å². The summed E-state index contributed by atoms with van der Waals surface area (Å²) in [5.74, 6) is 2.59. The van der Waals surface area contributed by atoms with E-state index in [1.807, 2.05) is 25.4 Å². The molecular formula is C18H24N4. The summed E-state index contributed by atoms with van der Waals surface area (Å²) in [6.07, 6.45) is 4.45. The number of hydrogen-bond donors (Lipinski definition) is 0. The SMILES string of the molecule is CC1CCCN(c2ccnc(N(C)Cc3ccccc3)n2)C1. The molecule has 4 nitrogen and oxygen atoms in total. The molecule has 3 rings (SSSR count). The second-order valence-electron chi connectivity index (χ2n) is 6.25. The number of hydrogen-bond acceptors (Lipinski definition) is 4. The number of anilines is 2. The van der Waals surface area contributed by atoms with Gasteiger partial charge in [-0.05, 0) is 30.4 Å². The van der Waals surface area contributed by atoms with Crippen LogP contribution in [0.4, 0.5) is 11.8 Å². The van der Waals surface area contributed by atoms with Gasteiger partial charge in [0.25, 0.3) is 0 Å². The quantitative estimate of drug-likeness (QED) is 0.866. The maximum Gasteiger partial charge on any atom is 0.227 e. The Morgan fingerprint density at radius 2 is 2.05 bits per heavy atom. The standard InChI is InChI=1S/C18H24N4/c1-15-7-6-12-22(13-15)17-10-11-19-18(20-17)21(2)14-16-8-4-3-5-9-16/h3-5,8-11,15H,6-7,12-14H2,1-2H3. The third-order valence-electron chi connectivity index (χ3n) is 4.21. The van der Waals surface area contributed by atoms with Gasteiger partial charge in [-0.1, -0.05) is 37.3 Å². The van der Waals surface area contributed by atoms with Crippen LogP contribution in [0.1, 0.15) is 25.3 Å². The minimum Gasteiger partial charge on any atom is -0.356 e. The van der Waals surface area contributed by atoms with Crippen molar-refractivity contribution in [3.05, 3.63) is 48.2 Å². The van der Waals surface area contributed by atoms with Crippen molar-refractivity contribution in [2.45, 2.75) is 26.3 Å². The predicted molar refractivity (Wildman–Crippen MR) is 91.2 cm³/mol. The molecule has 1 saturated heterocycles. The van der Waals surface area contributed by atoms with Crippen molar-refractivity contribution in [1.82, 2.24) is 9.97 Å². The summed E-state index contributed by atoms with van der Waals surface area (Å²) < 4.78 is 0.